The lowest BCUT2D eigenvalue weighted by atomic mass is 9.88. The maximum atomic E-state index is 13.8. The van der Waals surface area contributed by atoms with Crippen LogP contribution in [0.4, 0.5) is 9.18 Å². The molecule has 3 aliphatic rings. The number of carbonyl (C=O) groups is 3. The Bertz CT molecular complexity index is 994. The number of hydrogen-bond donors (Lipinski definition) is 1. The Balaban J connectivity index is 1.66. The summed E-state index contributed by atoms with van der Waals surface area (Å²) in [6.07, 6.45) is 5.33. The van der Waals surface area contributed by atoms with Gasteiger partial charge in [-0.15, -0.1) is 0 Å². The maximum absolute atomic E-state index is 13.8. The summed E-state index contributed by atoms with van der Waals surface area (Å²) in [5, 5.41) is 6.10. The van der Waals surface area contributed by atoms with Gasteiger partial charge >= 0.3 is 6.03 Å². The molecule has 2 aliphatic heterocycles. The molecule has 8 nitrogen and oxygen atoms in total. The van der Waals surface area contributed by atoms with E-state index in [1.54, 1.807) is 34.0 Å². The zero-order chi connectivity index (χ0) is 26.0. The molecule has 1 N–H and O–H groups in total. The molecule has 2 heterocycles. The normalized spacial score (nSPS) is 24.0. The number of allylic oxidation sites excluding steroid dienone is 1. The van der Waals surface area contributed by atoms with Crippen LogP contribution < -0.4 is 5.32 Å². The molecule has 1 aromatic rings. The molecule has 1 unspecified atom stereocenters. The fourth-order valence-electron chi connectivity index (χ4n) is 5.68. The van der Waals surface area contributed by atoms with Crippen LogP contribution in [0.15, 0.2) is 36.5 Å². The Kier molecular flexibility index (Phi) is 7.85. The highest BCUT2D eigenvalue weighted by Crippen LogP contribution is 2.35. The maximum Gasteiger partial charge on any atom is 0.338 e. The Morgan fingerprint density at radius 3 is 2.44 bits per heavy atom. The first-order valence-electron chi connectivity index (χ1n) is 13.1. The lowest BCUT2D eigenvalue weighted by Gasteiger charge is -2.57. The van der Waals surface area contributed by atoms with Crippen LogP contribution in [0.2, 0.25) is 0 Å². The fourth-order valence-corrected chi connectivity index (χ4v) is 5.68. The van der Waals surface area contributed by atoms with E-state index in [9.17, 15) is 18.8 Å². The number of nitrogens with zero attached hydrogens (tertiary/aromatic N) is 4. The number of piperazine rings is 1. The number of hydrazine groups is 1. The van der Waals surface area contributed by atoms with Crippen molar-refractivity contribution >= 4 is 17.8 Å². The highest BCUT2D eigenvalue weighted by molar-refractivity contribution is 5.92. The molecule has 1 saturated carbocycles. The minimum atomic E-state index is -0.630. The molecular weight excluding hydrogens is 461 g/mol. The molecule has 4 rings (SSSR count). The van der Waals surface area contributed by atoms with Crippen LogP contribution in [0, 0.1) is 11.7 Å². The van der Waals surface area contributed by atoms with Crippen LogP contribution in [0.3, 0.4) is 0 Å². The van der Waals surface area contributed by atoms with Crippen molar-refractivity contribution in [1.82, 2.24) is 25.1 Å². The number of amides is 4. The van der Waals surface area contributed by atoms with Crippen LogP contribution in [-0.4, -0.2) is 69.0 Å². The average molecular weight is 500 g/mol. The molecular formula is C27H38FN5O3. The Morgan fingerprint density at radius 2 is 1.83 bits per heavy atom. The van der Waals surface area contributed by atoms with E-state index in [2.05, 4.69) is 11.9 Å². The third-order valence-corrected chi connectivity index (χ3v) is 7.84. The Labute approximate surface area is 213 Å². The predicted molar refractivity (Wildman–Crippen MR) is 134 cm³/mol. The highest BCUT2D eigenvalue weighted by atomic mass is 19.1. The van der Waals surface area contributed by atoms with E-state index >= 15 is 0 Å². The van der Waals surface area contributed by atoms with Crippen molar-refractivity contribution in [2.24, 2.45) is 5.92 Å². The quantitative estimate of drug-likeness (QED) is 0.645. The van der Waals surface area contributed by atoms with E-state index in [4.69, 9.17) is 0 Å². The SMILES string of the molecule is C=C(C)N1CC(=O)N2[C@@H](C(C)CC)C(=O)N(C3CCCCC3)C[C@@H]2N1C(=O)NCc1ccc(F)cc1. The zero-order valence-electron chi connectivity index (χ0n) is 21.6. The van der Waals surface area contributed by atoms with Gasteiger partial charge in [-0.2, -0.15) is 0 Å². The first kappa shape index (κ1) is 26.0. The number of hydrogen-bond acceptors (Lipinski definition) is 4. The molecule has 0 bridgehead atoms. The van der Waals surface area contributed by atoms with Crippen LogP contribution in [0.25, 0.3) is 0 Å². The summed E-state index contributed by atoms with van der Waals surface area (Å²) < 4.78 is 13.3. The summed E-state index contributed by atoms with van der Waals surface area (Å²) in [6.45, 7) is 10.2. The monoisotopic (exact) mass is 499 g/mol. The standard InChI is InChI=1S/C27H38FN5O3/c1-5-19(4)25-26(35)30(22-9-7-6-8-10-22)16-23-32(25)24(34)17-31(18(2)3)33(23)27(36)29-15-20-11-13-21(28)14-12-20/h11-14,19,22-23,25H,2,5-10,15-17H2,1,3-4H3,(H,29,36)/t19?,23-,25-/m0/s1. The lowest BCUT2D eigenvalue weighted by Crippen LogP contribution is -2.77. The number of nitrogens with one attached hydrogen (secondary N) is 1. The van der Waals surface area contributed by atoms with Gasteiger partial charge in [0.15, 0.2) is 0 Å². The third kappa shape index (κ3) is 5.06. The molecule has 9 heteroatoms. The van der Waals surface area contributed by atoms with Crippen molar-refractivity contribution in [2.45, 2.75) is 84.1 Å². The van der Waals surface area contributed by atoms with E-state index < -0.39 is 12.2 Å². The number of rotatable bonds is 6. The van der Waals surface area contributed by atoms with E-state index in [1.807, 2.05) is 18.7 Å². The second-order valence-electron chi connectivity index (χ2n) is 10.3. The molecule has 4 amide bonds. The highest BCUT2D eigenvalue weighted by Gasteiger charge is 2.53. The zero-order valence-corrected chi connectivity index (χ0v) is 21.6. The van der Waals surface area contributed by atoms with Gasteiger partial charge in [-0.3, -0.25) is 14.6 Å². The topological polar surface area (TPSA) is 76.2 Å². The number of fused-ring (bicyclic) bond motifs is 1. The molecule has 36 heavy (non-hydrogen) atoms. The van der Waals surface area contributed by atoms with E-state index in [0.29, 0.717) is 5.70 Å². The second-order valence-corrected chi connectivity index (χ2v) is 10.3. The summed E-state index contributed by atoms with van der Waals surface area (Å²) >= 11 is 0. The first-order chi connectivity index (χ1) is 17.2. The molecule has 2 saturated heterocycles. The second kappa shape index (κ2) is 10.9. The summed E-state index contributed by atoms with van der Waals surface area (Å²) in [6, 6.07) is 5.10. The summed E-state index contributed by atoms with van der Waals surface area (Å²) in [5.41, 5.74) is 1.33. The minimum absolute atomic E-state index is 0.00343. The van der Waals surface area contributed by atoms with Gasteiger partial charge in [-0.1, -0.05) is 58.2 Å². The van der Waals surface area contributed by atoms with Crippen molar-refractivity contribution in [1.29, 1.82) is 0 Å². The van der Waals surface area contributed by atoms with Gasteiger partial charge in [0.05, 0.1) is 6.54 Å². The van der Waals surface area contributed by atoms with Crippen LogP contribution in [-0.2, 0) is 16.1 Å². The minimum Gasteiger partial charge on any atom is -0.334 e. The summed E-state index contributed by atoms with van der Waals surface area (Å²) in [7, 11) is 0. The van der Waals surface area contributed by atoms with Crippen LogP contribution in [0.1, 0.15) is 64.9 Å². The molecule has 0 spiro atoms. The van der Waals surface area contributed by atoms with Crippen molar-refractivity contribution < 1.29 is 18.8 Å². The van der Waals surface area contributed by atoms with Gasteiger partial charge in [-0.25, -0.2) is 14.2 Å². The summed E-state index contributed by atoms with van der Waals surface area (Å²) in [5.74, 6) is -0.561. The molecule has 3 atom stereocenters. The smallest absolute Gasteiger partial charge is 0.334 e. The van der Waals surface area contributed by atoms with Gasteiger partial charge in [0.1, 0.15) is 24.6 Å². The van der Waals surface area contributed by atoms with E-state index in [0.717, 1.165) is 37.7 Å². The molecule has 0 aromatic heterocycles. The third-order valence-electron chi connectivity index (χ3n) is 7.84. The van der Waals surface area contributed by atoms with Crippen molar-refractivity contribution in [3.63, 3.8) is 0 Å². The number of carbonyl (C=O) groups excluding carboxylic acids is 3. The van der Waals surface area contributed by atoms with Gasteiger partial charge in [-0.05, 0) is 43.4 Å². The van der Waals surface area contributed by atoms with Crippen molar-refractivity contribution in [3.8, 4) is 0 Å². The lowest BCUT2D eigenvalue weighted by molar-refractivity contribution is -0.191. The van der Waals surface area contributed by atoms with Crippen molar-refractivity contribution in [2.75, 3.05) is 13.1 Å². The van der Waals surface area contributed by atoms with E-state index in [1.165, 1.54) is 18.6 Å². The fraction of sp³-hybridized carbons (Fsp3) is 0.593. The van der Waals surface area contributed by atoms with Gasteiger partial charge < -0.3 is 15.1 Å². The van der Waals surface area contributed by atoms with Gasteiger partial charge in [0.25, 0.3) is 0 Å². The number of benzene rings is 1. The van der Waals surface area contributed by atoms with Crippen LogP contribution >= 0.6 is 0 Å². The van der Waals surface area contributed by atoms with Gasteiger partial charge in [0, 0.05) is 18.3 Å². The Morgan fingerprint density at radius 1 is 1.17 bits per heavy atom. The van der Waals surface area contributed by atoms with Crippen LogP contribution in [0.5, 0.6) is 0 Å². The molecule has 1 aliphatic carbocycles. The predicted octanol–water partition coefficient (Wildman–Crippen LogP) is 3.85. The Hall–Kier alpha value is -3.10. The number of urea groups is 1. The average Bonchev–Trinajstić information content (AvgIpc) is 2.88. The molecule has 0 radical (unpaired) electrons. The van der Waals surface area contributed by atoms with E-state index in [-0.39, 0.29) is 55.3 Å². The summed E-state index contributed by atoms with van der Waals surface area (Å²) in [4.78, 5) is 44.5. The van der Waals surface area contributed by atoms with Crippen molar-refractivity contribution in [3.05, 3.63) is 47.9 Å². The number of halogens is 1. The molecule has 1 aromatic carbocycles. The van der Waals surface area contributed by atoms with Gasteiger partial charge in [0.2, 0.25) is 11.8 Å². The largest absolute Gasteiger partial charge is 0.338 e. The molecule has 196 valence electrons. The first-order valence-corrected chi connectivity index (χ1v) is 13.1. The molecule has 3 fully saturated rings.